The maximum atomic E-state index is 12.4. The molecule has 0 spiro atoms. The molecule has 3 rings (SSSR count). The molecule has 2 N–H and O–H groups in total. The number of aryl methyl sites for hydroxylation is 1. The number of methoxy groups -OCH3 is 1. The number of benzene rings is 2. The molecule has 6 nitrogen and oxygen atoms in total. The second kappa shape index (κ2) is 8.80. The van der Waals surface area contributed by atoms with Crippen molar-refractivity contribution in [3.05, 3.63) is 83.2 Å². The van der Waals surface area contributed by atoms with Crippen LogP contribution in [0.2, 0.25) is 0 Å². The van der Waals surface area contributed by atoms with Gasteiger partial charge in [0, 0.05) is 24.8 Å². The number of aromatic nitrogens is 2. The van der Waals surface area contributed by atoms with Crippen molar-refractivity contribution < 1.29 is 9.53 Å². The Morgan fingerprint density at radius 1 is 1.07 bits per heavy atom. The van der Waals surface area contributed by atoms with E-state index in [1.807, 2.05) is 49.4 Å². The van der Waals surface area contributed by atoms with E-state index < -0.39 is 0 Å². The lowest BCUT2D eigenvalue weighted by molar-refractivity contribution is 0.0945. The van der Waals surface area contributed by atoms with Crippen molar-refractivity contribution in [1.29, 1.82) is 0 Å². The predicted molar refractivity (Wildman–Crippen MR) is 105 cm³/mol. The van der Waals surface area contributed by atoms with Gasteiger partial charge in [-0.05, 0) is 24.6 Å². The SMILES string of the molecule is COc1ccccc1CNC(=O)c1ccnc(NCc2cccc(C)c2)n1. The zero-order valence-electron chi connectivity index (χ0n) is 15.4. The van der Waals surface area contributed by atoms with E-state index >= 15 is 0 Å². The van der Waals surface area contributed by atoms with E-state index in [1.165, 1.54) is 5.56 Å². The van der Waals surface area contributed by atoms with Crippen LogP contribution in [0.4, 0.5) is 5.95 Å². The Labute approximate surface area is 158 Å². The number of nitrogens with one attached hydrogen (secondary N) is 2. The Morgan fingerprint density at radius 3 is 2.74 bits per heavy atom. The normalized spacial score (nSPS) is 10.3. The quantitative estimate of drug-likeness (QED) is 0.674. The van der Waals surface area contributed by atoms with Crippen LogP contribution in [0.1, 0.15) is 27.2 Å². The van der Waals surface area contributed by atoms with Crippen molar-refractivity contribution in [2.24, 2.45) is 0 Å². The summed E-state index contributed by atoms with van der Waals surface area (Å²) in [5, 5.41) is 6.01. The Bertz CT molecular complexity index is 927. The molecule has 0 radical (unpaired) electrons. The van der Waals surface area contributed by atoms with Crippen LogP contribution in [-0.4, -0.2) is 23.0 Å². The molecule has 0 atom stereocenters. The largest absolute Gasteiger partial charge is 0.496 e. The Morgan fingerprint density at radius 2 is 1.93 bits per heavy atom. The van der Waals surface area contributed by atoms with E-state index in [2.05, 4.69) is 26.7 Å². The van der Waals surface area contributed by atoms with Crippen molar-refractivity contribution in [3.8, 4) is 5.75 Å². The minimum atomic E-state index is -0.262. The lowest BCUT2D eigenvalue weighted by Crippen LogP contribution is -2.24. The first-order chi connectivity index (χ1) is 13.2. The lowest BCUT2D eigenvalue weighted by atomic mass is 10.1. The highest BCUT2D eigenvalue weighted by molar-refractivity contribution is 5.92. The topological polar surface area (TPSA) is 76.1 Å². The van der Waals surface area contributed by atoms with Gasteiger partial charge in [0.15, 0.2) is 0 Å². The summed E-state index contributed by atoms with van der Waals surface area (Å²) >= 11 is 0. The molecule has 138 valence electrons. The van der Waals surface area contributed by atoms with Gasteiger partial charge < -0.3 is 15.4 Å². The molecule has 27 heavy (non-hydrogen) atoms. The number of carbonyl (C=O) groups excluding carboxylic acids is 1. The molecule has 0 saturated carbocycles. The number of hydrogen-bond acceptors (Lipinski definition) is 5. The van der Waals surface area contributed by atoms with Crippen LogP contribution in [0, 0.1) is 6.92 Å². The molecular weight excluding hydrogens is 340 g/mol. The number of para-hydroxylation sites is 1. The molecule has 0 saturated heterocycles. The van der Waals surface area contributed by atoms with Crippen molar-refractivity contribution >= 4 is 11.9 Å². The maximum absolute atomic E-state index is 12.4. The molecule has 6 heteroatoms. The smallest absolute Gasteiger partial charge is 0.270 e. The van der Waals surface area contributed by atoms with Crippen LogP contribution in [-0.2, 0) is 13.1 Å². The third-order valence-electron chi connectivity index (χ3n) is 4.05. The Kier molecular flexibility index (Phi) is 5.99. The Balaban J connectivity index is 1.61. The molecule has 0 fully saturated rings. The predicted octanol–water partition coefficient (Wildman–Crippen LogP) is 3.34. The number of ether oxygens (including phenoxy) is 1. The molecule has 0 aliphatic heterocycles. The van der Waals surface area contributed by atoms with Gasteiger partial charge in [0.25, 0.3) is 5.91 Å². The molecule has 2 aromatic carbocycles. The summed E-state index contributed by atoms with van der Waals surface area (Å²) in [6.07, 6.45) is 1.57. The van der Waals surface area contributed by atoms with Crippen molar-refractivity contribution in [1.82, 2.24) is 15.3 Å². The van der Waals surface area contributed by atoms with E-state index in [-0.39, 0.29) is 5.91 Å². The van der Waals surface area contributed by atoms with E-state index in [4.69, 9.17) is 4.74 Å². The molecule has 0 unspecified atom stereocenters. The van der Waals surface area contributed by atoms with Gasteiger partial charge in [-0.2, -0.15) is 0 Å². The first-order valence-corrected chi connectivity index (χ1v) is 8.68. The fourth-order valence-corrected chi connectivity index (χ4v) is 2.69. The molecule has 0 aliphatic carbocycles. The Hall–Kier alpha value is -3.41. The zero-order valence-corrected chi connectivity index (χ0v) is 15.4. The first-order valence-electron chi connectivity index (χ1n) is 8.68. The lowest BCUT2D eigenvalue weighted by Gasteiger charge is -2.10. The maximum Gasteiger partial charge on any atom is 0.270 e. The van der Waals surface area contributed by atoms with E-state index in [9.17, 15) is 4.79 Å². The molecule has 0 aliphatic rings. The number of nitrogens with zero attached hydrogens (tertiary/aromatic N) is 2. The summed E-state index contributed by atoms with van der Waals surface area (Å²) in [6.45, 7) is 3.00. The fraction of sp³-hybridized carbons (Fsp3) is 0.190. The van der Waals surface area contributed by atoms with E-state index in [1.54, 1.807) is 19.4 Å². The summed E-state index contributed by atoms with van der Waals surface area (Å²) in [5.41, 5.74) is 3.54. The van der Waals surface area contributed by atoms with Gasteiger partial charge in [0.2, 0.25) is 5.95 Å². The van der Waals surface area contributed by atoms with Crippen molar-refractivity contribution in [2.75, 3.05) is 12.4 Å². The second-order valence-corrected chi connectivity index (χ2v) is 6.10. The molecule has 1 amide bonds. The molecule has 1 heterocycles. The van der Waals surface area contributed by atoms with Gasteiger partial charge in [-0.3, -0.25) is 4.79 Å². The van der Waals surface area contributed by atoms with Gasteiger partial charge in [-0.1, -0.05) is 48.0 Å². The van der Waals surface area contributed by atoms with Crippen molar-refractivity contribution in [3.63, 3.8) is 0 Å². The van der Waals surface area contributed by atoms with Gasteiger partial charge >= 0.3 is 0 Å². The summed E-state index contributed by atoms with van der Waals surface area (Å²) in [6, 6.07) is 17.3. The molecular formula is C21H22N4O2. The minimum absolute atomic E-state index is 0.262. The third-order valence-corrected chi connectivity index (χ3v) is 4.05. The highest BCUT2D eigenvalue weighted by Gasteiger charge is 2.10. The summed E-state index contributed by atoms with van der Waals surface area (Å²) < 4.78 is 5.30. The monoisotopic (exact) mass is 362 g/mol. The highest BCUT2D eigenvalue weighted by Crippen LogP contribution is 2.16. The molecule has 1 aromatic heterocycles. The standard InChI is InChI=1S/C21H22N4O2/c1-15-6-5-7-16(12-15)13-24-21-22-11-10-18(25-21)20(26)23-14-17-8-3-4-9-19(17)27-2/h3-12H,13-14H2,1-2H3,(H,23,26)(H,22,24,25). The second-order valence-electron chi connectivity index (χ2n) is 6.10. The fourth-order valence-electron chi connectivity index (χ4n) is 2.69. The average molecular weight is 362 g/mol. The minimum Gasteiger partial charge on any atom is -0.496 e. The van der Waals surface area contributed by atoms with Crippen LogP contribution in [0.25, 0.3) is 0 Å². The highest BCUT2D eigenvalue weighted by atomic mass is 16.5. The number of carbonyl (C=O) groups is 1. The number of rotatable bonds is 7. The first kappa shape index (κ1) is 18.4. The van der Waals surface area contributed by atoms with Gasteiger partial charge in [-0.15, -0.1) is 0 Å². The number of anilines is 1. The van der Waals surface area contributed by atoms with Crippen LogP contribution in [0.3, 0.4) is 0 Å². The van der Waals surface area contributed by atoms with Crippen molar-refractivity contribution in [2.45, 2.75) is 20.0 Å². The average Bonchev–Trinajstić information content (AvgIpc) is 2.71. The van der Waals surface area contributed by atoms with Gasteiger partial charge in [0.05, 0.1) is 7.11 Å². The van der Waals surface area contributed by atoms with E-state index in [0.717, 1.165) is 16.9 Å². The third kappa shape index (κ3) is 5.04. The molecule has 0 bridgehead atoms. The number of amides is 1. The van der Waals surface area contributed by atoms with Crippen LogP contribution in [0.15, 0.2) is 60.8 Å². The van der Waals surface area contributed by atoms with Crippen LogP contribution in [0.5, 0.6) is 5.75 Å². The summed E-state index contributed by atoms with van der Waals surface area (Å²) in [5.74, 6) is 0.893. The van der Waals surface area contributed by atoms with Gasteiger partial charge in [0.1, 0.15) is 11.4 Å². The van der Waals surface area contributed by atoms with Crippen LogP contribution < -0.4 is 15.4 Å². The zero-order chi connectivity index (χ0) is 19.1. The van der Waals surface area contributed by atoms with Gasteiger partial charge in [-0.25, -0.2) is 9.97 Å². The summed E-state index contributed by atoms with van der Waals surface area (Å²) in [4.78, 5) is 20.9. The number of hydrogen-bond donors (Lipinski definition) is 2. The molecule has 3 aromatic rings. The van der Waals surface area contributed by atoms with Crippen LogP contribution >= 0.6 is 0 Å². The van der Waals surface area contributed by atoms with E-state index in [0.29, 0.717) is 24.7 Å². The summed E-state index contributed by atoms with van der Waals surface area (Å²) in [7, 11) is 1.61.